The van der Waals surface area contributed by atoms with Crippen molar-refractivity contribution >= 4 is 11.9 Å². The third kappa shape index (κ3) is 3.81. The first-order chi connectivity index (χ1) is 12.6. The molecule has 148 valence electrons. The second-order valence-corrected chi connectivity index (χ2v) is 7.63. The number of urea groups is 1. The number of rotatable bonds is 4. The van der Waals surface area contributed by atoms with Gasteiger partial charge in [-0.1, -0.05) is 31.9 Å². The van der Waals surface area contributed by atoms with E-state index >= 15 is 0 Å². The summed E-state index contributed by atoms with van der Waals surface area (Å²) in [7, 11) is 1.73. The van der Waals surface area contributed by atoms with Crippen LogP contribution in [0.1, 0.15) is 43.7 Å². The largest absolute Gasteiger partial charge is 0.416 e. The number of imide groups is 1. The Balaban J connectivity index is 1.64. The normalized spacial score (nSPS) is 26.1. The number of hydrogen-bond donors (Lipinski definition) is 1. The van der Waals surface area contributed by atoms with Crippen LogP contribution < -0.4 is 5.32 Å². The molecular weight excluding hydrogens is 359 g/mol. The molecule has 1 spiro atoms. The van der Waals surface area contributed by atoms with Crippen molar-refractivity contribution in [2.24, 2.45) is 5.92 Å². The Hall–Kier alpha value is -2.09. The minimum atomic E-state index is -4.37. The zero-order valence-corrected chi connectivity index (χ0v) is 15.5. The predicted octanol–water partition coefficient (Wildman–Crippen LogP) is 3.60. The van der Waals surface area contributed by atoms with Gasteiger partial charge in [0.15, 0.2) is 0 Å². The molecule has 1 aromatic rings. The molecule has 1 aliphatic carbocycles. The molecule has 8 heteroatoms. The lowest BCUT2D eigenvalue weighted by molar-refractivity contribution is -0.138. The number of carbonyl (C=O) groups excluding carboxylic acids is 2. The smallest absolute Gasteiger partial charge is 0.323 e. The molecule has 5 nitrogen and oxygen atoms in total. The van der Waals surface area contributed by atoms with Gasteiger partial charge in [0.1, 0.15) is 5.54 Å². The van der Waals surface area contributed by atoms with Crippen LogP contribution in [0.5, 0.6) is 0 Å². The summed E-state index contributed by atoms with van der Waals surface area (Å²) in [4.78, 5) is 28.3. The van der Waals surface area contributed by atoms with Gasteiger partial charge in [0.2, 0.25) is 0 Å². The maximum Gasteiger partial charge on any atom is 0.416 e. The standard InChI is InChI=1S/C19H24F3N3O2/c1-13-5-3-4-10-18(13)16(26)25(17(27)23-18)12-24(2)11-14-6-8-15(9-7-14)19(20,21)22/h6-9,13H,3-5,10-12H2,1-2H3,(H,23,27)/t13-,18-/m0/s1. The highest BCUT2D eigenvalue weighted by molar-refractivity contribution is 6.07. The minimum absolute atomic E-state index is 0.0907. The van der Waals surface area contributed by atoms with Gasteiger partial charge in [0, 0.05) is 6.54 Å². The summed E-state index contributed by atoms with van der Waals surface area (Å²) < 4.78 is 37.9. The number of amides is 3. The highest BCUT2D eigenvalue weighted by atomic mass is 19.4. The van der Waals surface area contributed by atoms with Gasteiger partial charge in [-0.2, -0.15) is 13.2 Å². The van der Waals surface area contributed by atoms with Crippen LogP contribution in [0, 0.1) is 5.92 Å². The third-order valence-corrected chi connectivity index (χ3v) is 5.62. The minimum Gasteiger partial charge on any atom is -0.323 e. The molecule has 0 aromatic heterocycles. The molecular formula is C19H24F3N3O2. The van der Waals surface area contributed by atoms with Crippen LogP contribution in [0.25, 0.3) is 0 Å². The molecule has 1 heterocycles. The molecule has 0 radical (unpaired) electrons. The zero-order chi connectivity index (χ0) is 19.8. The Morgan fingerprint density at radius 2 is 1.89 bits per heavy atom. The van der Waals surface area contributed by atoms with Crippen molar-refractivity contribution in [2.45, 2.75) is 50.9 Å². The zero-order valence-electron chi connectivity index (χ0n) is 15.5. The van der Waals surface area contributed by atoms with Crippen molar-refractivity contribution in [2.75, 3.05) is 13.7 Å². The Morgan fingerprint density at radius 3 is 2.48 bits per heavy atom. The molecule has 2 aliphatic rings. The molecule has 1 aliphatic heterocycles. The van der Waals surface area contributed by atoms with E-state index in [-0.39, 0.29) is 18.5 Å². The number of nitrogens with zero attached hydrogens (tertiary/aromatic N) is 2. The van der Waals surface area contributed by atoms with Gasteiger partial charge in [-0.15, -0.1) is 0 Å². The first-order valence-corrected chi connectivity index (χ1v) is 9.12. The lowest BCUT2D eigenvalue weighted by Crippen LogP contribution is -2.54. The fraction of sp³-hybridized carbons (Fsp3) is 0.579. The second kappa shape index (κ2) is 7.14. The average molecular weight is 383 g/mol. The Kier molecular flexibility index (Phi) is 5.20. The van der Waals surface area contributed by atoms with Crippen LogP contribution in [0.15, 0.2) is 24.3 Å². The topological polar surface area (TPSA) is 52.7 Å². The van der Waals surface area contributed by atoms with E-state index in [2.05, 4.69) is 5.32 Å². The van der Waals surface area contributed by atoms with Crippen molar-refractivity contribution in [1.82, 2.24) is 15.1 Å². The fourth-order valence-corrected chi connectivity index (χ4v) is 4.03. The summed E-state index contributed by atoms with van der Waals surface area (Å²) in [6.45, 7) is 2.42. The van der Waals surface area contributed by atoms with Crippen molar-refractivity contribution in [3.8, 4) is 0 Å². The molecule has 2 fully saturated rings. The molecule has 1 N–H and O–H groups in total. The van der Waals surface area contributed by atoms with Crippen LogP contribution in [0.4, 0.5) is 18.0 Å². The van der Waals surface area contributed by atoms with Crippen LogP contribution in [0.3, 0.4) is 0 Å². The number of nitrogens with one attached hydrogen (secondary N) is 1. The van der Waals surface area contributed by atoms with Gasteiger partial charge in [-0.25, -0.2) is 9.69 Å². The van der Waals surface area contributed by atoms with E-state index in [1.165, 1.54) is 17.0 Å². The summed E-state index contributed by atoms with van der Waals surface area (Å²) in [6, 6.07) is 4.50. The predicted molar refractivity (Wildman–Crippen MR) is 93.5 cm³/mol. The number of hydrogen-bond acceptors (Lipinski definition) is 3. The molecule has 1 saturated heterocycles. The molecule has 0 bridgehead atoms. The number of carbonyl (C=O) groups is 2. The van der Waals surface area contributed by atoms with Crippen LogP contribution >= 0.6 is 0 Å². The lowest BCUT2D eigenvalue weighted by atomic mass is 9.73. The number of alkyl halides is 3. The summed E-state index contributed by atoms with van der Waals surface area (Å²) in [5.74, 6) is -0.105. The molecule has 3 amide bonds. The number of benzene rings is 1. The maximum atomic E-state index is 12.9. The van der Waals surface area contributed by atoms with Gasteiger partial charge < -0.3 is 5.32 Å². The first-order valence-electron chi connectivity index (χ1n) is 9.12. The van der Waals surface area contributed by atoms with Crippen LogP contribution in [-0.2, 0) is 17.5 Å². The highest BCUT2D eigenvalue weighted by Crippen LogP contribution is 2.38. The fourth-order valence-electron chi connectivity index (χ4n) is 4.03. The first kappa shape index (κ1) is 19.7. The van der Waals surface area contributed by atoms with Gasteiger partial charge in [0.05, 0.1) is 12.2 Å². The van der Waals surface area contributed by atoms with E-state index in [4.69, 9.17) is 0 Å². The van der Waals surface area contributed by atoms with E-state index in [1.807, 2.05) is 6.92 Å². The van der Waals surface area contributed by atoms with Gasteiger partial charge in [0.25, 0.3) is 5.91 Å². The molecule has 2 atom stereocenters. The SMILES string of the molecule is C[C@H]1CCCC[C@]12NC(=O)N(CN(C)Cc1ccc(C(F)(F)F)cc1)C2=O. The lowest BCUT2D eigenvalue weighted by Gasteiger charge is -2.37. The maximum absolute atomic E-state index is 12.9. The van der Waals surface area contributed by atoms with Crippen molar-refractivity contribution in [3.63, 3.8) is 0 Å². The van der Waals surface area contributed by atoms with E-state index in [9.17, 15) is 22.8 Å². The number of halogens is 3. The Morgan fingerprint density at radius 1 is 1.22 bits per heavy atom. The molecule has 0 unspecified atom stereocenters. The quantitative estimate of drug-likeness (QED) is 0.809. The monoisotopic (exact) mass is 383 g/mol. The molecule has 1 aromatic carbocycles. The van der Waals surface area contributed by atoms with E-state index < -0.39 is 23.3 Å². The van der Waals surface area contributed by atoms with Gasteiger partial charge >= 0.3 is 12.2 Å². The molecule has 27 heavy (non-hydrogen) atoms. The Bertz CT molecular complexity index is 720. The molecule has 1 saturated carbocycles. The van der Waals surface area contributed by atoms with E-state index in [1.54, 1.807) is 11.9 Å². The van der Waals surface area contributed by atoms with Crippen LogP contribution in [0.2, 0.25) is 0 Å². The molecule has 3 rings (SSSR count). The van der Waals surface area contributed by atoms with E-state index in [0.717, 1.165) is 31.4 Å². The van der Waals surface area contributed by atoms with Crippen molar-refractivity contribution < 1.29 is 22.8 Å². The van der Waals surface area contributed by atoms with Crippen LogP contribution in [-0.4, -0.2) is 41.0 Å². The summed E-state index contributed by atoms with van der Waals surface area (Å²) in [6.07, 6.45) is -0.847. The highest BCUT2D eigenvalue weighted by Gasteiger charge is 2.54. The summed E-state index contributed by atoms with van der Waals surface area (Å²) in [5.41, 5.74) is -0.820. The second-order valence-electron chi connectivity index (χ2n) is 7.63. The summed E-state index contributed by atoms with van der Waals surface area (Å²) in [5, 5.41) is 2.90. The van der Waals surface area contributed by atoms with Crippen molar-refractivity contribution in [1.29, 1.82) is 0 Å². The van der Waals surface area contributed by atoms with E-state index in [0.29, 0.717) is 18.5 Å². The third-order valence-electron chi connectivity index (χ3n) is 5.62. The van der Waals surface area contributed by atoms with Crippen molar-refractivity contribution in [3.05, 3.63) is 35.4 Å². The average Bonchev–Trinajstić information content (AvgIpc) is 2.82. The summed E-state index contributed by atoms with van der Waals surface area (Å²) >= 11 is 0. The van der Waals surface area contributed by atoms with Gasteiger partial charge in [-0.05, 0) is 43.5 Å². The Labute approximate surface area is 156 Å². The van der Waals surface area contributed by atoms with Gasteiger partial charge in [-0.3, -0.25) is 9.69 Å².